The molecular formula is C11H12N6O3. The zero-order chi connectivity index (χ0) is 14.7. The van der Waals surface area contributed by atoms with Gasteiger partial charge in [-0.3, -0.25) is 20.0 Å². The van der Waals surface area contributed by atoms with Gasteiger partial charge in [-0.05, 0) is 6.07 Å². The molecule has 0 bridgehead atoms. The van der Waals surface area contributed by atoms with Crippen LogP contribution in [0, 0.1) is 10.1 Å². The lowest BCUT2D eigenvalue weighted by molar-refractivity contribution is -0.383. The van der Waals surface area contributed by atoms with E-state index < -0.39 is 10.8 Å². The summed E-state index contributed by atoms with van der Waals surface area (Å²) in [6.45, 7) is 0.195. The maximum atomic E-state index is 12.2. The summed E-state index contributed by atoms with van der Waals surface area (Å²) < 4.78 is 0. The van der Waals surface area contributed by atoms with Crippen LogP contribution in [0.4, 0.5) is 11.4 Å². The van der Waals surface area contributed by atoms with E-state index in [1.54, 1.807) is 7.05 Å². The van der Waals surface area contributed by atoms with Gasteiger partial charge < -0.3 is 10.6 Å². The minimum absolute atomic E-state index is 0.0845. The molecule has 0 aliphatic heterocycles. The molecule has 2 rings (SSSR count). The molecule has 1 heterocycles. The Bertz CT molecular complexity index is 640. The van der Waals surface area contributed by atoms with Crippen molar-refractivity contribution < 1.29 is 9.72 Å². The zero-order valence-corrected chi connectivity index (χ0v) is 10.6. The second-order valence-corrected chi connectivity index (χ2v) is 4.09. The molecule has 104 valence electrons. The van der Waals surface area contributed by atoms with Gasteiger partial charge in [0.2, 0.25) is 0 Å². The number of para-hydroxylation sites is 1. The Morgan fingerprint density at radius 1 is 1.55 bits per heavy atom. The average Bonchev–Trinajstić information content (AvgIpc) is 2.90. The summed E-state index contributed by atoms with van der Waals surface area (Å²) in [4.78, 5) is 27.6. The van der Waals surface area contributed by atoms with E-state index in [9.17, 15) is 14.9 Å². The molecule has 0 unspecified atom stereocenters. The summed E-state index contributed by atoms with van der Waals surface area (Å²) in [5.74, 6) is 0.0763. The predicted molar refractivity (Wildman–Crippen MR) is 69.7 cm³/mol. The molecule has 1 aromatic carbocycles. The van der Waals surface area contributed by atoms with Crippen molar-refractivity contribution in [2.24, 2.45) is 0 Å². The van der Waals surface area contributed by atoms with E-state index in [0.717, 1.165) is 0 Å². The second-order valence-electron chi connectivity index (χ2n) is 4.09. The van der Waals surface area contributed by atoms with E-state index in [1.807, 2.05) is 0 Å². The van der Waals surface area contributed by atoms with E-state index in [4.69, 9.17) is 5.73 Å². The first-order chi connectivity index (χ1) is 9.50. The standard InChI is InChI=1S/C11H12N6O3/c1-16(5-9-13-6-14-15-9)11(18)7-3-2-4-8(10(7)12)17(19)20/h2-4,6H,5,12H2,1H3,(H,13,14,15). The lowest BCUT2D eigenvalue weighted by Crippen LogP contribution is -2.27. The Hall–Kier alpha value is -2.97. The molecule has 20 heavy (non-hydrogen) atoms. The van der Waals surface area contributed by atoms with Crippen LogP contribution >= 0.6 is 0 Å². The van der Waals surface area contributed by atoms with E-state index >= 15 is 0 Å². The first-order valence-corrected chi connectivity index (χ1v) is 5.63. The van der Waals surface area contributed by atoms with Crippen molar-refractivity contribution in [3.8, 4) is 0 Å². The fourth-order valence-corrected chi connectivity index (χ4v) is 1.71. The number of hydrogen-bond acceptors (Lipinski definition) is 6. The van der Waals surface area contributed by atoms with Crippen LogP contribution in [0.3, 0.4) is 0 Å². The number of H-pyrrole nitrogens is 1. The lowest BCUT2D eigenvalue weighted by atomic mass is 10.1. The van der Waals surface area contributed by atoms with Crippen LogP contribution in [-0.4, -0.2) is 38.0 Å². The number of nitrogens with two attached hydrogens (primary N) is 1. The molecular weight excluding hydrogens is 264 g/mol. The van der Waals surface area contributed by atoms with Crippen LogP contribution in [0.1, 0.15) is 16.2 Å². The molecule has 0 radical (unpaired) electrons. The number of benzene rings is 1. The molecule has 1 amide bonds. The molecule has 0 saturated heterocycles. The Balaban J connectivity index is 2.25. The fraction of sp³-hybridized carbons (Fsp3) is 0.182. The first-order valence-electron chi connectivity index (χ1n) is 5.63. The number of hydrogen-bond donors (Lipinski definition) is 2. The number of carbonyl (C=O) groups is 1. The maximum absolute atomic E-state index is 12.2. The van der Waals surface area contributed by atoms with Crippen LogP contribution in [0.15, 0.2) is 24.5 Å². The average molecular weight is 276 g/mol. The maximum Gasteiger partial charge on any atom is 0.292 e. The van der Waals surface area contributed by atoms with Crippen molar-refractivity contribution in [2.75, 3.05) is 12.8 Å². The molecule has 0 fully saturated rings. The summed E-state index contributed by atoms with van der Waals surface area (Å²) >= 11 is 0. The quantitative estimate of drug-likeness (QED) is 0.476. The number of nitrogens with zero attached hydrogens (tertiary/aromatic N) is 4. The highest BCUT2D eigenvalue weighted by atomic mass is 16.6. The number of nitrogens with one attached hydrogen (secondary N) is 1. The minimum Gasteiger partial charge on any atom is -0.393 e. The highest BCUT2D eigenvalue weighted by Crippen LogP contribution is 2.25. The molecule has 0 saturated carbocycles. The number of nitrogen functional groups attached to an aromatic ring is 1. The molecule has 9 heteroatoms. The molecule has 9 nitrogen and oxygen atoms in total. The molecule has 0 aliphatic rings. The number of aromatic nitrogens is 3. The third-order valence-corrected chi connectivity index (χ3v) is 2.71. The largest absolute Gasteiger partial charge is 0.393 e. The molecule has 3 N–H and O–H groups in total. The van der Waals surface area contributed by atoms with Crippen LogP contribution in [0.5, 0.6) is 0 Å². The van der Waals surface area contributed by atoms with Crippen molar-refractivity contribution in [2.45, 2.75) is 6.54 Å². The Labute approximate surface area is 113 Å². The molecule has 0 aliphatic carbocycles. The van der Waals surface area contributed by atoms with E-state index in [0.29, 0.717) is 5.82 Å². The monoisotopic (exact) mass is 276 g/mol. The number of nitro groups is 1. The van der Waals surface area contributed by atoms with Crippen molar-refractivity contribution in [1.29, 1.82) is 0 Å². The zero-order valence-electron chi connectivity index (χ0n) is 10.6. The van der Waals surface area contributed by atoms with Crippen LogP contribution in [0.25, 0.3) is 0 Å². The smallest absolute Gasteiger partial charge is 0.292 e. The molecule has 0 spiro atoms. The van der Waals surface area contributed by atoms with Crippen molar-refractivity contribution in [3.05, 3.63) is 46.0 Å². The minimum atomic E-state index is -0.622. The topological polar surface area (TPSA) is 131 Å². The van der Waals surface area contributed by atoms with Gasteiger partial charge in [-0.1, -0.05) is 6.07 Å². The van der Waals surface area contributed by atoms with Gasteiger partial charge in [0.15, 0.2) is 0 Å². The van der Waals surface area contributed by atoms with Crippen molar-refractivity contribution in [1.82, 2.24) is 20.1 Å². The number of anilines is 1. The van der Waals surface area contributed by atoms with Crippen LogP contribution in [0.2, 0.25) is 0 Å². The van der Waals surface area contributed by atoms with Crippen LogP contribution in [-0.2, 0) is 6.54 Å². The number of nitro benzene ring substituents is 1. The molecule has 2 aromatic rings. The summed E-state index contributed by atoms with van der Waals surface area (Å²) in [7, 11) is 1.54. The van der Waals surface area contributed by atoms with E-state index in [2.05, 4.69) is 15.2 Å². The van der Waals surface area contributed by atoms with Crippen LogP contribution < -0.4 is 5.73 Å². The van der Waals surface area contributed by atoms with Gasteiger partial charge in [-0.2, -0.15) is 5.10 Å². The lowest BCUT2D eigenvalue weighted by Gasteiger charge is -2.16. The van der Waals surface area contributed by atoms with E-state index in [-0.39, 0.29) is 23.5 Å². The number of aromatic amines is 1. The number of amides is 1. The Kier molecular flexibility index (Phi) is 3.60. The van der Waals surface area contributed by atoms with Gasteiger partial charge in [0.1, 0.15) is 17.8 Å². The third-order valence-electron chi connectivity index (χ3n) is 2.71. The normalized spacial score (nSPS) is 10.2. The number of rotatable bonds is 4. The summed E-state index contributed by atoms with van der Waals surface area (Å²) in [6.07, 6.45) is 1.33. The highest BCUT2D eigenvalue weighted by molar-refractivity contribution is 6.00. The van der Waals surface area contributed by atoms with Gasteiger partial charge >= 0.3 is 0 Å². The van der Waals surface area contributed by atoms with Crippen molar-refractivity contribution in [3.63, 3.8) is 0 Å². The van der Waals surface area contributed by atoms with Gasteiger partial charge in [0, 0.05) is 13.1 Å². The SMILES string of the molecule is CN(Cc1ncn[nH]1)C(=O)c1cccc([N+](=O)[O-])c1N. The predicted octanol–water partition coefficient (Wildman–Crippen LogP) is 0.567. The highest BCUT2D eigenvalue weighted by Gasteiger charge is 2.21. The number of carbonyl (C=O) groups excluding carboxylic acids is 1. The molecule has 0 atom stereocenters. The summed E-state index contributed by atoms with van der Waals surface area (Å²) in [5.41, 5.74) is 5.32. The Morgan fingerprint density at radius 2 is 2.30 bits per heavy atom. The van der Waals surface area contributed by atoms with Gasteiger partial charge in [-0.25, -0.2) is 4.98 Å². The van der Waals surface area contributed by atoms with Crippen molar-refractivity contribution >= 4 is 17.3 Å². The van der Waals surface area contributed by atoms with E-state index in [1.165, 1.54) is 29.4 Å². The summed E-state index contributed by atoms with van der Waals surface area (Å²) in [6, 6.07) is 4.12. The third kappa shape index (κ3) is 2.55. The van der Waals surface area contributed by atoms with Gasteiger partial charge in [-0.15, -0.1) is 0 Å². The molecule has 1 aromatic heterocycles. The Morgan fingerprint density at radius 3 is 2.90 bits per heavy atom. The first kappa shape index (κ1) is 13.5. The van der Waals surface area contributed by atoms with Gasteiger partial charge in [0.25, 0.3) is 11.6 Å². The van der Waals surface area contributed by atoms with Gasteiger partial charge in [0.05, 0.1) is 17.0 Å². The summed E-state index contributed by atoms with van der Waals surface area (Å²) in [5, 5.41) is 17.1. The second kappa shape index (κ2) is 5.34. The fourth-order valence-electron chi connectivity index (χ4n) is 1.71.